The fourth-order valence-electron chi connectivity index (χ4n) is 1.89. The molecule has 0 saturated heterocycles. The first kappa shape index (κ1) is 14.9. The minimum absolute atomic E-state index is 0.225. The Kier molecular flexibility index (Phi) is 6.05. The van der Waals surface area contributed by atoms with Gasteiger partial charge in [0.15, 0.2) is 0 Å². The normalized spacial score (nSPS) is 12.5. The molecule has 0 aromatic carbocycles. The summed E-state index contributed by atoms with van der Waals surface area (Å²) in [5, 5.41) is 3.38. The summed E-state index contributed by atoms with van der Waals surface area (Å²) in [6.45, 7) is 10.1. The molecule has 0 radical (unpaired) electrons. The van der Waals surface area contributed by atoms with Crippen LogP contribution in [-0.2, 0) is 11.2 Å². The number of anilines is 1. The molecule has 0 bridgehead atoms. The summed E-state index contributed by atoms with van der Waals surface area (Å²) in [7, 11) is 1.71. The van der Waals surface area contributed by atoms with Gasteiger partial charge in [-0.3, -0.25) is 0 Å². The highest BCUT2D eigenvalue weighted by Gasteiger charge is 2.14. The van der Waals surface area contributed by atoms with E-state index in [2.05, 4.69) is 43.0 Å². The Balaban J connectivity index is 3.04. The quantitative estimate of drug-likeness (QED) is 0.809. The highest BCUT2D eigenvalue weighted by atomic mass is 16.5. The second kappa shape index (κ2) is 7.31. The van der Waals surface area contributed by atoms with E-state index in [4.69, 9.17) is 4.74 Å². The van der Waals surface area contributed by atoms with Gasteiger partial charge in [-0.05, 0) is 19.8 Å². The molecule has 0 aliphatic carbocycles. The van der Waals surface area contributed by atoms with Gasteiger partial charge in [0.1, 0.15) is 11.6 Å². The van der Waals surface area contributed by atoms with Crippen molar-refractivity contribution in [3.63, 3.8) is 0 Å². The van der Waals surface area contributed by atoms with E-state index in [1.165, 1.54) is 5.56 Å². The van der Waals surface area contributed by atoms with Crippen LogP contribution in [0.25, 0.3) is 0 Å². The number of aromatic nitrogens is 2. The summed E-state index contributed by atoms with van der Waals surface area (Å²) in [5.74, 6) is 2.07. The van der Waals surface area contributed by atoms with Crippen LogP contribution < -0.4 is 5.32 Å². The van der Waals surface area contributed by atoms with Gasteiger partial charge >= 0.3 is 0 Å². The first-order valence-corrected chi connectivity index (χ1v) is 6.74. The van der Waals surface area contributed by atoms with E-state index in [0.717, 1.165) is 36.7 Å². The predicted octanol–water partition coefficient (Wildman–Crippen LogP) is 2.92. The van der Waals surface area contributed by atoms with E-state index in [0.29, 0.717) is 6.61 Å². The zero-order valence-corrected chi connectivity index (χ0v) is 12.2. The number of methoxy groups -OCH3 is 1. The molecule has 1 heterocycles. The summed E-state index contributed by atoms with van der Waals surface area (Å²) < 4.78 is 5.18. The fraction of sp³-hybridized carbons (Fsp3) is 0.714. The maximum Gasteiger partial charge on any atom is 0.136 e. The molecule has 0 fully saturated rings. The third kappa shape index (κ3) is 3.67. The summed E-state index contributed by atoms with van der Waals surface area (Å²) in [6, 6.07) is 0. The van der Waals surface area contributed by atoms with Crippen LogP contribution >= 0.6 is 0 Å². The average Bonchev–Trinajstić information content (AvgIpc) is 2.37. The molecule has 0 saturated carbocycles. The van der Waals surface area contributed by atoms with Crippen molar-refractivity contribution >= 4 is 5.82 Å². The van der Waals surface area contributed by atoms with Crippen molar-refractivity contribution in [2.75, 3.05) is 25.6 Å². The van der Waals surface area contributed by atoms with Crippen LogP contribution in [0.2, 0.25) is 0 Å². The molecule has 1 aromatic heterocycles. The van der Waals surface area contributed by atoms with Crippen LogP contribution in [0.5, 0.6) is 0 Å². The molecule has 1 atom stereocenters. The van der Waals surface area contributed by atoms with Crippen molar-refractivity contribution in [2.45, 2.75) is 46.5 Å². The number of nitrogens with zero attached hydrogens (tertiary/aromatic N) is 2. The lowest BCUT2D eigenvalue weighted by Crippen LogP contribution is -2.14. The smallest absolute Gasteiger partial charge is 0.136 e. The molecule has 102 valence electrons. The van der Waals surface area contributed by atoms with E-state index in [1.54, 1.807) is 7.11 Å². The molecular formula is C14H25N3O. The van der Waals surface area contributed by atoms with Gasteiger partial charge in [-0.15, -0.1) is 0 Å². The number of hydrogen-bond donors (Lipinski definition) is 1. The minimum atomic E-state index is 0.225. The van der Waals surface area contributed by atoms with Crippen molar-refractivity contribution in [2.24, 2.45) is 0 Å². The lowest BCUT2D eigenvalue weighted by Gasteiger charge is -2.16. The summed E-state index contributed by atoms with van der Waals surface area (Å²) in [6.07, 6.45) is 2.02. The Labute approximate surface area is 110 Å². The molecular weight excluding hydrogens is 226 g/mol. The number of aryl methyl sites for hydroxylation is 1. The molecule has 0 spiro atoms. The summed E-state index contributed by atoms with van der Waals surface area (Å²) in [5.41, 5.74) is 2.29. The van der Waals surface area contributed by atoms with Crippen molar-refractivity contribution in [1.29, 1.82) is 0 Å². The van der Waals surface area contributed by atoms with Gasteiger partial charge in [-0.1, -0.05) is 20.8 Å². The molecule has 0 aliphatic heterocycles. The van der Waals surface area contributed by atoms with Crippen LogP contribution in [0.4, 0.5) is 5.82 Å². The van der Waals surface area contributed by atoms with E-state index in [1.807, 2.05) is 0 Å². The van der Waals surface area contributed by atoms with Crippen molar-refractivity contribution in [1.82, 2.24) is 9.97 Å². The summed E-state index contributed by atoms with van der Waals surface area (Å²) >= 11 is 0. The largest absolute Gasteiger partial charge is 0.384 e. The fourth-order valence-corrected chi connectivity index (χ4v) is 1.89. The monoisotopic (exact) mass is 251 g/mol. The lowest BCUT2D eigenvalue weighted by atomic mass is 10.1. The molecule has 18 heavy (non-hydrogen) atoms. The van der Waals surface area contributed by atoms with E-state index < -0.39 is 0 Å². The van der Waals surface area contributed by atoms with Crippen LogP contribution in [0.1, 0.15) is 50.2 Å². The standard InChI is InChI=1S/C14H25N3O/c1-6-8-15-14-11(4)12(7-2)16-13(17-14)10(3)9-18-5/h10H,6-9H2,1-5H3,(H,15,16,17). The summed E-state index contributed by atoms with van der Waals surface area (Å²) in [4.78, 5) is 9.28. The van der Waals surface area contributed by atoms with Gasteiger partial charge < -0.3 is 10.1 Å². The zero-order valence-electron chi connectivity index (χ0n) is 12.2. The Morgan fingerprint density at radius 3 is 2.56 bits per heavy atom. The molecule has 0 aliphatic rings. The second-order valence-corrected chi connectivity index (χ2v) is 4.64. The first-order chi connectivity index (χ1) is 8.63. The highest BCUT2D eigenvalue weighted by molar-refractivity contribution is 5.46. The molecule has 4 nitrogen and oxygen atoms in total. The maximum absolute atomic E-state index is 5.18. The van der Waals surface area contributed by atoms with E-state index >= 15 is 0 Å². The van der Waals surface area contributed by atoms with Gasteiger partial charge in [0.25, 0.3) is 0 Å². The van der Waals surface area contributed by atoms with Crippen LogP contribution in [-0.4, -0.2) is 30.2 Å². The van der Waals surface area contributed by atoms with Crippen LogP contribution in [0, 0.1) is 6.92 Å². The van der Waals surface area contributed by atoms with Gasteiger partial charge in [0.2, 0.25) is 0 Å². The van der Waals surface area contributed by atoms with Crippen molar-refractivity contribution in [3.8, 4) is 0 Å². The van der Waals surface area contributed by atoms with Gasteiger partial charge in [0.05, 0.1) is 6.61 Å². The van der Waals surface area contributed by atoms with E-state index in [-0.39, 0.29) is 5.92 Å². The minimum Gasteiger partial charge on any atom is -0.384 e. The molecule has 0 amide bonds. The molecule has 1 unspecified atom stereocenters. The average molecular weight is 251 g/mol. The Morgan fingerprint density at radius 2 is 2.00 bits per heavy atom. The Bertz CT molecular complexity index is 380. The van der Waals surface area contributed by atoms with Crippen molar-refractivity contribution in [3.05, 3.63) is 17.1 Å². The zero-order chi connectivity index (χ0) is 13.5. The number of hydrogen-bond acceptors (Lipinski definition) is 4. The van der Waals surface area contributed by atoms with E-state index in [9.17, 15) is 0 Å². The third-order valence-corrected chi connectivity index (χ3v) is 3.00. The molecule has 1 rings (SSSR count). The Morgan fingerprint density at radius 1 is 1.28 bits per heavy atom. The number of ether oxygens (including phenoxy) is 1. The Hall–Kier alpha value is -1.16. The molecule has 1 N–H and O–H groups in total. The number of nitrogens with one attached hydrogen (secondary N) is 1. The topological polar surface area (TPSA) is 47.0 Å². The van der Waals surface area contributed by atoms with Gasteiger partial charge in [0, 0.05) is 30.8 Å². The molecule has 1 aromatic rings. The maximum atomic E-state index is 5.18. The predicted molar refractivity (Wildman–Crippen MR) is 75.2 cm³/mol. The third-order valence-electron chi connectivity index (χ3n) is 3.00. The molecule has 4 heteroatoms. The van der Waals surface area contributed by atoms with Gasteiger partial charge in [-0.2, -0.15) is 0 Å². The first-order valence-electron chi connectivity index (χ1n) is 6.74. The highest BCUT2D eigenvalue weighted by Crippen LogP contribution is 2.20. The van der Waals surface area contributed by atoms with Gasteiger partial charge in [-0.25, -0.2) is 9.97 Å². The van der Waals surface area contributed by atoms with Crippen LogP contribution in [0.15, 0.2) is 0 Å². The lowest BCUT2D eigenvalue weighted by molar-refractivity contribution is 0.181. The number of rotatable bonds is 7. The second-order valence-electron chi connectivity index (χ2n) is 4.64. The van der Waals surface area contributed by atoms with Crippen LogP contribution in [0.3, 0.4) is 0 Å². The van der Waals surface area contributed by atoms with Crippen molar-refractivity contribution < 1.29 is 4.74 Å². The SMILES string of the molecule is CCCNc1nc(C(C)COC)nc(CC)c1C.